The average Bonchev–Trinajstić information content (AvgIpc) is 2.29. The molecule has 0 aromatic heterocycles. The zero-order valence-corrected chi connectivity index (χ0v) is 13.5. The second-order valence-electron chi connectivity index (χ2n) is 4.41. The van der Waals surface area contributed by atoms with Crippen LogP contribution in [0.5, 0.6) is 0 Å². The number of halogens is 2. The molecule has 0 bridgehead atoms. The van der Waals surface area contributed by atoms with Crippen LogP contribution in [0.3, 0.4) is 0 Å². The Labute approximate surface area is 122 Å². The first-order chi connectivity index (χ1) is 8.77. The monoisotopic (exact) mass is 352 g/mol. The summed E-state index contributed by atoms with van der Waals surface area (Å²) >= 11 is 3.21. The molecule has 0 radical (unpaired) electrons. The van der Waals surface area contributed by atoms with E-state index in [9.17, 15) is 12.8 Å². The van der Waals surface area contributed by atoms with Crippen molar-refractivity contribution in [3.05, 3.63) is 28.0 Å². The summed E-state index contributed by atoms with van der Waals surface area (Å²) in [6, 6.07) is 3.04. The van der Waals surface area contributed by atoms with E-state index in [1.165, 1.54) is 6.07 Å². The molecule has 7 heteroatoms. The Morgan fingerprint density at radius 1 is 1.37 bits per heavy atom. The van der Waals surface area contributed by atoms with Crippen molar-refractivity contribution < 1.29 is 12.8 Å². The number of rotatable bonds is 6. The van der Waals surface area contributed by atoms with Crippen molar-refractivity contribution in [2.75, 3.05) is 6.54 Å². The second-order valence-corrected chi connectivity index (χ2v) is 7.07. The fraction of sp³-hybridized carbons (Fsp3) is 0.500. The minimum atomic E-state index is -3.81. The SMILES string of the molecule is CCNS(=O)(=O)c1cc(Br)cc(CNC(C)C)c1F. The second kappa shape index (κ2) is 6.78. The van der Waals surface area contributed by atoms with Gasteiger partial charge in [-0.25, -0.2) is 17.5 Å². The van der Waals surface area contributed by atoms with Crippen LogP contribution < -0.4 is 10.0 Å². The molecule has 19 heavy (non-hydrogen) atoms. The van der Waals surface area contributed by atoms with Gasteiger partial charge in [-0.3, -0.25) is 0 Å². The third-order valence-electron chi connectivity index (χ3n) is 2.40. The van der Waals surface area contributed by atoms with Gasteiger partial charge in [-0.15, -0.1) is 0 Å². The van der Waals surface area contributed by atoms with Crippen molar-refractivity contribution in [1.29, 1.82) is 0 Å². The zero-order chi connectivity index (χ0) is 14.6. The fourth-order valence-corrected chi connectivity index (χ4v) is 3.37. The molecule has 4 nitrogen and oxygen atoms in total. The van der Waals surface area contributed by atoms with Crippen LogP contribution in [0.4, 0.5) is 4.39 Å². The molecule has 0 spiro atoms. The first kappa shape index (κ1) is 16.6. The van der Waals surface area contributed by atoms with E-state index in [-0.39, 0.29) is 24.0 Å². The smallest absolute Gasteiger partial charge is 0.243 e. The van der Waals surface area contributed by atoms with E-state index in [1.54, 1.807) is 13.0 Å². The molecule has 0 saturated heterocycles. The van der Waals surface area contributed by atoms with Crippen LogP contribution in [0.15, 0.2) is 21.5 Å². The van der Waals surface area contributed by atoms with Crippen molar-refractivity contribution in [1.82, 2.24) is 10.0 Å². The maximum absolute atomic E-state index is 14.2. The molecule has 0 unspecified atom stereocenters. The van der Waals surface area contributed by atoms with Crippen molar-refractivity contribution in [2.45, 2.75) is 38.3 Å². The van der Waals surface area contributed by atoms with Crippen molar-refractivity contribution in [2.24, 2.45) is 0 Å². The van der Waals surface area contributed by atoms with Crippen molar-refractivity contribution in [3.8, 4) is 0 Å². The van der Waals surface area contributed by atoms with Crippen LogP contribution in [0.1, 0.15) is 26.3 Å². The van der Waals surface area contributed by atoms with Gasteiger partial charge in [-0.05, 0) is 12.1 Å². The van der Waals surface area contributed by atoms with Crippen LogP contribution in [0.25, 0.3) is 0 Å². The van der Waals surface area contributed by atoms with Gasteiger partial charge in [0.2, 0.25) is 10.0 Å². The maximum Gasteiger partial charge on any atom is 0.243 e. The minimum absolute atomic E-state index is 0.187. The molecule has 0 heterocycles. The number of sulfonamides is 1. The third kappa shape index (κ3) is 4.52. The number of hydrogen-bond donors (Lipinski definition) is 2. The van der Waals surface area contributed by atoms with Gasteiger partial charge in [-0.2, -0.15) is 0 Å². The lowest BCUT2D eigenvalue weighted by atomic mass is 10.2. The van der Waals surface area contributed by atoms with Crippen molar-refractivity contribution >= 4 is 26.0 Å². The predicted molar refractivity (Wildman–Crippen MR) is 76.9 cm³/mol. The summed E-state index contributed by atoms with van der Waals surface area (Å²) in [7, 11) is -3.81. The van der Waals surface area contributed by atoms with Crippen LogP contribution in [-0.4, -0.2) is 21.0 Å². The van der Waals surface area contributed by atoms with Gasteiger partial charge in [-0.1, -0.05) is 36.7 Å². The van der Waals surface area contributed by atoms with Crippen LogP contribution in [0, 0.1) is 5.82 Å². The number of benzene rings is 1. The molecule has 108 valence electrons. The molecule has 0 fully saturated rings. The third-order valence-corrected chi connectivity index (χ3v) is 4.41. The molecule has 2 N–H and O–H groups in total. The molecule has 0 atom stereocenters. The van der Waals surface area contributed by atoms with Gasteiger partial charge in [0.05, 0.1) is 0 Å². The average molecular weight is 353 g/mol. The molecular weight excluding hydrogens is 335 g/mol. The Morgan fingerprint density at radius 2 is 2.00 bits per heavy atom. The van der Waals surface area contributed by atoms with Crippen LogP contribution >= 0.6 is 15.9 Å². The fourth-order valence-electron chi connectivity index (χ4n) is 1.52. The number of hydrogen-bond acceptors (Lipinski definition) is 3. The van der Waals surface area contributed by atoms with Gasteiger partial charge in [0.25, 0.3) is 0 Å². The van der Waals surface area contributed by atoms with E-state index in [0.717, 1.165) is 0 Å². The van der Waals surface area contributed by atoms with Gasteiger partial charge >= 0.3 is 0 Å². The van der Waals surface area contributed by atoms with Crippen LogP contribution in [-0.2, 0) is 16.6 Å². The summed E-state index contributed by atoms with van der Waals surface area (Å²) in [4.78, 5) is -0.329. The highest BCUT2D eigenvalue weighted by Crippen LogP contribution is 2.24. The molecule has 1 aromatic carbocycles. The number of nitrogens with one attached hydrogen (secondary N) is 2. The topological polar surface area (TPSA) is 58.2 Å². The van der Waals surface area contributed by atoms with Crippen LogP contribution in [0.2, 0.25) is 0 Å². The highest BCUT2D eigenvalue weighted by Gasteiger charge is 2.21. The first-order valence-corrected chi connectivity index (χ1v) is 8.26. The van der Waals surface area contributed by atoms with Gasteiger partial charge < -0.3 is 5.32 Å². The standard InChI is InChI=1S/C12H18BrFN2O2S/c1-4-16-19(17,18)11-6-10(13)5-9(12(11)14)7-15-8(2)3/h5-6,8,15-16H,4,7H2,1-3H3. The largest absolute Gasteiger partial charge is 0.310 e. The molecule has 0 aliphatic rings. The van der Waals surface area contributed by atoms with E-state index in [0.29, 0.717) is 10.0 Å². The molecular formula is C12H18BrFN2O2S. The highest BCUT2D eigenvalue weighted by molar-refractivity contribution is 9.10. The Morgan fingerprint density at radius 3 is 2.53 bits per heavy atom. The van der Waals surface area contributed by atoms with Gasteiger partial charge in [0, 0.05) is 29.2 Å². The molecule has 0 saturated carbocycles. The Balaban J connectivity index is 3.20. The Hall–Kier alpha value is -0.500. The molecule has 0 aliphatic carbocycles. The summed E-state index contributed by atoms with van der Waals surface area (Å²) in [5.74, 6) is -0.711. The summed E-state index contributed by atoms with van der Waals surface area (Å²) < 4.78 is 40.9. The Bertz CT molecular complexity index is 547. The van der Waals surface area contributed by atoms with E-state index >= 15 is 0 Å². The summed E-state index contributed by atoms with van der Waals surface area (Å²) in [6.45, 7) is 6.01. The summed E-state index contributed by atoms with van der Waals surface area (Å²) in [5.41, 5.74) is 0.319. The summed E-state index contributed by atoms with van der Waals surface area (Å²) in [6.07, 6.45) is 0. The van der Waals surface area contributed by atoms with E-state index in [1.807, 2.05) is 13.8 Å². The summed E-state index contributed by atoms with van der Waals surface area (Å²) in [5, 5.41) is 3.06. The normalized spacial score (nSPS) is 12.1. The molecule has 0 aliphatic heterocycles. The maximum atomic E-state index is 14.2. The zero-order valence-electron chi connectivity index (χ0n) is 11.1. The van der Waals surface area contributed by atoms with Gasteiger partial charge in [0.1, 0.15) is 10.7 Å². The quantitative estimate of drug-likeness (QED) is 0.826. The minimum Gasteiger partial charge on any atom is -0.310 e. The van der Waals surface area contributed by atoms with E-state index in [4.69, 9.17) is 0 Å². The lowest BCUT2D eigenvalue weighted by molar-refractivity contribution is 0.529. The lowest BCUT2D eigenvalue weighted by Gasteiger charge is -2.13. The molecule has 1 rings (SSSR count). The highest BCUT2D eigenvalue weighted by atomic mass is 79.9. The molecule has 0 amide bonds. The van der Waals surface area contributed by atoms with Gasteiger partial charge in [0.15, 0.2) is 0 Å². The Kier molecular flexibility index (Phi) is 5.91. The lowest BCUT2D eigenvalue weighted by Crippen LogP contribution is -2.26. The van der Waals surface area contributed by atoms with E-state index < -0.39 is 15.8 Å². The van der Waals surface area contributed by atoms with Crippen molar-refractivity contribution in [3.63, 3.8) is 0 Å². The predicted octanol–water partition coefficient (Wildman–Crippen LogP) is 2.38. The molecule has 1 aromatic rings. The van der Waals surface area contributed by atoms with E-state index in [2.05, 4.69) is 26.0 Å². The first-order valence-electron chi connectivity index (χ1n) is 5.99.